The Morgan fingerprint density at radius 2 is 0.914 bits per heavy atom. The van der Waals surface area contributed by atoms with Crippen LogP contribution in [0.2, 0.25) is 0 Å². The molecule has 0 aromatic heterocycles. The molecule has 0 heteroatoms. The van der Waals surface area contributed by atoms with E-state index < -0.39 is 0 Å². The summed E-state index contributed by atoms with van der Waals surface area (Å²) in [6, 6.07) is 40.6. The molecule has 0 aliphatic carbocycles. The highest BCUT2D eigenvalue weighted by Crippen LogP contribution is 2.44. The minimum absolute atomic E-state index is 0.140. The van der Waals surface area contributed by atoms with E-state index in [1.165, 1.54) is 65.7 Å². The van der Waals surface area contributed by atoms with Crippen LogP contribution in [0.15, 0.2) is 109 Å². The summed E-state index contributed by atoms with van der Waals surface area (Å²) < 4.78 is 0. The van der Waals surface area contributed by atoms with Crippen molar-refractivity contribution < 1.29 is 0 Å². The smallest absolute Gasteiger partial charge is 0.00262 e. The third-order valence-electron chi connectivity index (χ3n) is 7.26. The molecule has 0 atom stereocenters. The molecular formula is C35H30. The van der Waals surface area contributed by atoms with Crippen LogP contribution in [0.25, 0.3) is 54.6 Å². The lowest BCUT2D eigenvalue weighted by Crippen LogP contribution is -2.10. The van der Waals surface area contributed by atoms with E-state index >= 15 is 0 Å². The van der Waals surface area contributed by atoms with Crippen molar-refractivity contribution in [2.75, 3.05) is 0 Å². The molecule has 0 nitrogen and oxygen atoms in total. The molecule has 0 bridgehead atoms. The number of fused-ring (bicyclic) bond motifs is 3. The summed E-state index contributed by atoms with van der Waals surface area (Å²) in [5.41, 5.74) is 7.96. The molecule has 6 rings (SSSR count). The normalized spacial score (nSPS) is 12.0. The Morgan fingerprint density at radius 1 is 0.457 bits per heavy atom. The van der Waals surface area contributed by atoms with Gasteiger partial charge in [-0.25, -0.2) is 0 Å². The van der Waals surface area contributed by atoms with Gasteiger partial charge in [-0.2, -0.15) is 0 Å². The van der Waals surface area contributed by atoms with Crippen molar-refractivity contribution in [2.45, 2.75) is 33.1 Å². The van der Waals surface area contributed by atoms with Gasteiger partial charge in [-0.05, 0) is 78.5 Å². The van der Waals surface area contributed by atoms with Crippen LogP contribution < -0.4 is 0 Å². The summed E-state index contributed by atoms with van der Waals surface area (Å²) >= 11 is 0. The summed E-state index contributed by atoms with van der Waals surface area (Å²) in [6.07, 6.45) is 0. The minimum Gasteiger partial charge on any atom is -0.0616 e. The lowest BCUT2D eigenvalue weighted by molar-refractivity contribution is 0.590. The van der Waals surface area contributed by atoms with Crippen LogP contribution >= 0.6 is 0 Å². The fourth-order valence-corrected chi connectivity index (χ4v) is 5.41. The summed E-state index contributed by atoms with van der Waals surface area (Å²) in [6.45, 7) is 8.96. The van der Waals surface area contributed by atoms with E-state index in [-0.39, 0.29) is 5.41 Å². The van der Waals surface area contributed by atoms with Gasteiger partial charge in [-0.1, -0.05) is 129 Å². The van der Waals surface area contributed by atoms with Gasteiger partial charge in [0, 0.05) is 0 Å². The molecule has 0 saturated carbocycles. The predicted octanol–water partition coefficient (Wildman–Crippen LogP) is 10.1. The maximum absolute atomic E-state index is 2.35. The number of hydrogen-bond donors (Lipinski definition) is 0. The first-order chi connectivity index (χ1) is 16.9. The molecule has 0 N–H and O–H groups in total. The average molecular weight is 451 g/mol. The Morgan fingerprint density at radius 3 is 1.46 bits per heavy atom. The first-order valence-electron chi connectivity index (χ1n) is 12.5. The Kier molecular flexibility index (Phi) is 5.00. The van der Waals surface area contributed by atoms with Gasteiger partial charge in [0.2, 0.25) is 0 Å². The zero-order valence-electron chi connectivity index (χ0n) is 20.9. The standard InChI is InChI=1S/C35H30/c1-23-13-14-26-22-27(16-15-25(26)21-23)34-31-11-7-5-9-29(31)33(30-10-6-8-12-32(30)34)24-17-19-28(20-18-24)35(2,3)4/h5-22H,1-4H3. The Labute approximate surface area is 207 Å². The second-order valence-electron chi connectivity index (χ2n) is 10.7. The van der Waals surface area contributed by atoms with Crippen LogP contribution in [0.3, 0.4) is 0 Å². The van der Waals surface area contributed by atoms with Gasteiger partial charge in [0.1, 0.15) is 0 Å². The molecule has 0 fully saturated rings. The molecule has 0 radical (unpaired) electrons. The van der Waals surface area contributed by atoms with Gasteiger partial charge in [-0.15, -0.1) is 0 Å². The van der Waals surface area contributed by atoms with E-state index in [1.807, 2.05) is 0 Å². The molecule has 35 heavy (non-hydrogen) atoms. The van der Waals surface area contributed by atoms with Crippen LogP contribution in [-0.2, 0) is 5.41 Å². The number of benzene rings is 6. The fraction of sp³-hybridized carbons (Fsp3) is 0.143. The van der Waals surface area contributed by atoms with Crippen molar-refractivity contribution in [3.63, 3.8) is 0 Å². The Balaban J connectivity index is 1.67. The SMILES string of the molecule is Cc1ccc2cc(-c3c4ccccc4c(-c4ccc(C(C)(C)C)cc4)c4ccccc34)ccc2c1. The lowest BCUT2D eigenvalue weighted by Gasteiger charge is -2.21. The van der Waals surface area contributed by atoms with Gasteiger partial charge in [0.15, 0.2) is 0 Å². The number of rotatable bonds is 2. The van der Waals surface area contributed by atoms with Gasteiger partial charge in [-0.3, -0.25) is 0 Å². The van der Waals surface area contributed by atoms with E-state index in [9.17, 15) is 0 Å². The van der Waals surface area contributed by atoms with Crippen LogP contribution in [0.4, 0.5) is 0 Å². The molecule has 0 aliphatic heterocycles. The van der Waals surface area contributed by atoms with Crippen molar-refractivity contribution in [2.24, 2.45) is 0 Å². The summed E-state index contributed by atoms with van der Waals surface area (Å²) in [7, 11) is 0. The van der Waals surface area contributed by atoms with Crippen LogP contribution in [0, 0.1) is 6.92 Å². The molecule has 0 spiro atoms. The van der Waals surface area contributed by atoms with Crippen LogP contribution in [0.1, 0.15) is 31.9 Å². The molecule has 170 valence electrons. The van der Waals surface area contributed by atoms with Gasteiger partial charge >= 0.3 is 0 Å². The maximum Gasteiger partial charge on any atom is -0.00262 e. The Bertz CT molecular complexity index is 1650. The van der Waals surface area contributed by atoms with E-state index in [0.717, 1.165) is 0 Å². The van der Waals surface area contributed by atoms with E-state index in [0.29, 0.717) is 0 Å². The third-order valence-corrected chi connectivity index (χ3v) is 7.26. The van der Waals surface area contributed by atoms with Gasteiger partial charge < -0.3 is 0 Å². The highest BCUT2D eigenvalue weighted by Gasteiger charge is 2.18. The fourth-order valence-electron chi connectivity index (χ4n) is 5.41. The van der Waals surface area contributed by atoms with Gasteiger partial charge in [0.05, 0.1) is 0 Å². The third kappa shape index (κ3) is 3.70. The second-order valence-corrected chi connectivity index (χ2v) is 10.7. The largest absolute Gasteiger partial charge is 0.0616 e. The van der Waals surface area contributed by atoms with Crippen molar-refractivity contribution in [1.82, 2.24) is 0 Å². The molecule has 0 unspecified atom stereocenters. The van der Waals surface area contributed by atoms with Gasteiger partial charge in [0.25, 0.3) is 0 Å². The molecular weight excluding hydrogens is 420 g/mol. The first-order valence-corrected chi connectivity index (χ1v) is 12.5. The molecule has 6 aromatic rings. The molecule has 0 aliphatic rings. The highest BCUT2D eigenvalue weighted by molar-refractivity contribution is 6.21. The van der Waals surface area contributed by atoms with Crippen molar-refractivity contribution in [3.8, 4) is 22.3 Å². The van der Waals surface area contributed by atoms with E-state index in [2.05, 4.69) is 137 Å². The van der Waals surface area contributed by atoms with E-state index in [4.69, 9.17) is 0 Å². The van der Waals surface area contributed by atoms with Crippen LogP contribution in [-0.4, -0.2) is 0 Å². The molecule has 6 aromatic carbocycles. The topological polar surface area (TPSA) is 0 Å². The number of hydrogen-bond acceptors (Lipinski definition) is 0. The van der Waals surface area contributed by atoms with Crippen LogP contribution in [0.5, 0.6) is 0 Å². The predicted molar refractivity (Wildman–Crippen MR) is 153 cm³/mol. The van der Waals surface area contributed by atoms with Crippen molar-refractivity contribution in [3.05, 3.63) is 120 Å². The zero-order valence-corrected chi connectivity index (χ0v) is 20.9. The highest BCUT2D eigenvalue weighted by atomic mass is 14.2. The average Bonchev–Trinajstić information content (AvgIpc) is 2.86. The molecule has 0 heterocycles. The van der Waals surface area contributed by atoms with Crippen molar-refractivity contribution >= 4 is 32.3 Å². The quantitative estimate of drug-likeness (QED) is 0.230. The second kappa shape index (κ2) is 8.10. The first kappa shape index (κ1) is 21.6. The number of aryl methyl sites for hydroxylation is 1. The Hall–Kier alpha value is -3.90. The van der Waals surface area contributed by atoms with E-state index in [1.54, 1.807) is 0 Å². The summed E-state index contributed by atoms with van der Waals surface area (Å²) in [5.74, 6) is 0. The van der Waals surface area contributed by atoms with Crippen molar-refractivity contribution in [1.29, 1.82) is 0 Å². The molecule has 0 amide bonds. The monoisotopic (exact) mass is 450 g/mol. The lowest BCUT2D eigenvalue weighted by atomic mass is 9.83. The maximum atomic E-state index is 2.35. The molecule has 0 saturated heterocycles. The summed E-state index contributed by atoms with van der Waals surface area (Å²) in [4.78, 5) is 0. The summed E-state index contributed by atoms with van der Waals surface area (Å²) in [5, 5.41) is 7.77. The minimum atomic E-state index is 0.140. The zero-order chi connectivity index (χ0) is 24.2.